The molecule has 0 bridgehead atoms. The second kappa shape index (κ2) is 13.6. The van der Waals surface area contributed by atoms with Crippen molar-refractivity contribution < 1.29 is 31.4 Å². The molecule has 0 saturated heterocycles. The SMILES string of the molecule is C=C(C)C(=O)OCCOCCOCCC[Si](O[Si](C)(C)C)(O[Si](C)(C)C)O[Si](C)(C)C. The minimum atomic E-state index is -2.79. The fourth-order valence-electron chi connectivity index (χ4n) is 2.64. The van der Waals surface area contributed by atoms with E-state index >= 15 is 0 Å². The fourth-order valence-corrected chi connectivity index (χ4v) is 17.3. The first kappa shape index (κ1) is 30.9. The number of hydrogen-bond acceptors (Lipinski definition) is 7. The van der Waals surface area contributed by atoms with Gasteiger partial charge in [-0.2, -0.15) is 0 Å². The Balaban J connectivity index is 4.53. The van der Waals surface area contributed by atoms with Crippen molar-refractivity contribution in [3.05, 3.63) is 12.2 Å². The molecular formula is C20H46O7Si4. The molecular weight excluding hydrogens is 465 g/mol. The van der Waals surface area contributed by atoms with Crippen molar-refractivity contribution >= 4 is 39.7 Å². The molecule has 0 rings (SSSR count). The average molecular weight is 511 g/mol. The Hall–Kier alpha value is -0.122. The summed E-state index contributed by atoms with van der Waals surface area (Å²) in [5.74, 6) is -0.394. The Kier molecular flexibility index (Phi) is 13.5. The third kappa shape index (κ3) is 18.0. The molecule has 0 aromatic carbocycles. The van der Waals surface area contributed by atoms with E-state index in [0.717, 1.165) is 12.5 Å². The maximum absolute atomic E-state index is 11.3. The Morgan fingerprint density at radius 3 is 1.45 bits per heavy atom. The van der Waals surface area contributed by atoms with E-state index in [-0.39, 0.29) is 6.61 Å². The van der Waals surface area contributed by atoms with Gasteiger partial charge >= 0.3 is 14.8 Å². The molecule has 0 aliphatic rings. The lowest BCUT2D eigenvalue weighted by atomic mass is 10.4. The van der Waals surface area contributed by atoms with Gasteiger partial charge in [0.2, 0.25) is 0 Å². The summed E-state index contributed by atoms with van der Waals surface area (Å²) in [4.78, 5) is 11.3. The van der Waals surface area contributed by atoms with Gasteiger partial charge in [0.15, 0.2) is 25.0 Å². The molecule has 31 heavy (non-hydrogen) atoms. The van der Waals surface area contributed by atoms with Crippen LogP contribution in [0.1, 0.15) is 13.3 Å². The molecule has 0 atom stereocenters. The van der Waals surface area contributed by atoms with Crippen LogP contribution < -0.4 is 0 Å². The van der Waals surface area contributed by atoms with E-state index < -0.39 is 39.7 Å². The number of carbonyl (C=O) groups is 1. The number of esters is 1. The predicted molar refractivity (Wildman–Crippen MR) is 136 cm³/mol. The zero-order chi connectivity index (χ0) is 24.3. The van der Waals surface area contributed by atoms with Gasteiger partial charge in [-0.3, -0.25) is 0 Å². The highest BCUT2D eigenvalue weighted by molar-refractivity contribution is 6.90. The standard InChI is InChI=1S/C20H46O7Si4/c1-19(2)20(21)24-17-16-23-15-14-22-13-12-18-31(25-28(3,4)5,26-29(6,7)8)27-30(9,10)11/h1,12-18H2,2-11H3. The molecule has 0 fully saturated rings. The molecule has 0 aromatic rings. The van der Waals surface area contributed by atoms with Crippen LogP contribution in [0.15, 0.2) is 12.2 Å². The van der Waals surface area contributed by atoms with Crippen molar-refractivity contribution in [1.29, 1.82) is 0 Å². The maximum atomic E-state index is 11.3. The summed E-state index contributed by atoms with van der Waals surface area (Å²) in [6, 6.07) is 0.767. The van der Waals surface area contributed by atoms with Gasteiger partial charge in [-0.1, -0.05) is 6.58 Å². The summed E-state index contributed by atoms with van der Waals surface area (Å²) in [6.45, 7) is 27.0. The summed E-state index contributed by atoms with van der Waals surface area (Å²) in [7, 11) is -8.33. The Labute approximate surface area is 194 Å². The van der Waals surface area contributed by atoms with Crippen LogP contribution in [-0.4, -0.2) is 72.8 Å². The van der Waals surface area contributed by atoms with Crippen molar-refractivity contribution in [2.24, 2.45) is 0 Å². The predicted octanol–water partition coefficient (Wildman–Crippen LogP) is 5.02. The summed E-state index contributed by atoms with van der Waals surface area (Å²) in [5, 5.41) is 0. The van der Waals surface area contributed by atoms with E-state index in [1.807, 2.05) is 0 Å². The number of carbonyl (C=O) groups excluding carboxylic acids is 1. The molecule has 0 aliphatic heterocycles. The normalized spacial score (nSPS) is 13.4. The van der Waals surface area contributed by atoms with E-state index in [0.29, 0.717) is 32.0 Å². The molecule has 0 unspecified atom stereocenters. The first-order valence-electron chi connectivity index (χ1n) is 11.0. The van der Waals surface area contributed by atoms with Crippen molar-refractivity contribution in [2.75, 3.05) is 33.0 Å². The minimum Gasteiger partial charge on any atom is -0.460 e. The Morgan fingerprint density at radius 1 is 0.677 bits per heavy atom. The van der Waals surface area contributed by atoms with Gasteiger partial charge in [0.1, 0.15) is 6.61 Å². The van der Waals surface area contributed by atoms with Gasteiger partial charge in [-0.05, 0) is 72.3 Å². The zero-order valence-corrected chi connectivity index (χ0v) is 25.5. The van der Waals surface area contributed by atoms with Crippen molar-refractivity contribution in [1.82, 2.24) is 0 Å². The molecule has 0 aromatic heterocycles. The van der Waals surface area contributed by atoms with Crippen LogP contribution in [0.25, 0.3) is 0 Å². The molecule has 0 amide bonds. The summed E-state index contributed by atoms with van der Waals surface area (Å²) in [5.41, 5.74) is 0.386. The highest BCUT2D eigenvalue weighted by Gasteiger charge is 2.49. The fraction of sp³-hybridized carbons (Fsp3) is 0.850. The second-order valence-electron chi connectivity index (χ2n) is 10.6. The van der Waals surface area contributed by atoms with Crippen molar-refractivity contribution in [3.8, 4) is 0 Å². The first-order valence-corrected chi connectivity index (χ1v) is 23.2. The molecule has 0 N–H and O–H groups in total. The summed E-state index contributed by atoms with van der Waals surface area (Å²) < 4.78 is 36.1. The highest BCUT2D eigenvalue weighted by Crippen LogP contribution is 2.29. The lowest BCUT2D eigenvalue weighted by Crippen LogP contribution is -2.60. The molecule has 11 heteroatoms. The quantitative estimate of drug-likeness (QED) is 0.118. The highest BCUT2D eigenvalue weighted by atomic mass is 28.5. The third-order valence-corrected chi connectivity index (χ3v) is 15.4. The lowest BCUT2D eigenvalue weighted by Gasteiger charge is -2.42. The van der Waals surface area contributed by atoms with Gasteiger partial charge in [-0.15, -0.1) is 0 Å². The maximum Gasteiger partial charge on any atom is 0.469 e. The molecule has 0 heterocycles. The first-order chi connectivity index (χ1) is 13.9. The molecule has 0 saturated carbocycles. The summed E-state index contributed by atoms with van der Waals surface area (Å²) in [6.07, 6.45) is 0.821. The van der Waals surface area contributed by atoms with Gasteiger partial charge < -0.3 is 26.6 Å². The van der Waals surface area contributed by atoms with Crippen LogP contribution in [0.2, 0.25) is 65.0 Å². The van der Waals surface area contributed by atoms with Gasteiger partial charge in [0.25, 0.3) is 0 Å². The van der Waals surface area contributed by atoms with Crippen LogP contribution in [0, 0.1) is 0 Å². The topological polar surface area (TPSA) is 72.5 Å². The van der Waals surface area contributed by atoms with E-state index in [2.05, 4.69) is 65.5 Å². The minimum absolute atomic E-state index is 0.218. The van der Waals surface area contributed by atoms with E-state index in [1.165, 1.54) is 0 Å². The zero-order valence-electron chi connectivity index (χ0n) is 21.5. The van der Waals surface area contributed by atoms with Crippen LogP contribution in [-0.2, 0) is 31.4 Å². The smallest absolute Gasteiger partial charge is 0.460 e. The molecule has 0 spiro atoms. The average Bonchev–Trinajstić information content (AvgIpc) is 2.51. The molecule has 7 nitrogen and oxygen atoms in total. The van der Waals surface area contributed by atoms with E-state index in [1.54, 1.807) is 6.92 Å². The number of ether oxygens (including phenoxy) is 3. The monoisotopic (exact) mass is 510 g/mol. The second-order valence-corrected chi connectivity index (χ2v) is 27.6. The van der Waals surface area contributed by atoms with Crippen LogP contribution in [0.5, 0.6) is 0 Å². The molecule has 0 radical (unpaired) electrons. The number of hydrogen-bond donors (Lipinski definition) is 0. The Morgan fingerprint density at radius 2 is 1.06 bits per heavy atom. The van der Waals surface area contributed by atoms with Gasteiger partial charge in [0.05, 0.1) is 19.8 Å². The molecule has 0 aliphatic carbocycles. The number of rotatable bonds is 17. The lowest BCUT2D eigenvalue weighted by molar-refractivity contribution is -0.140. The Bertz CT molecular complexity index is 510. The van der Waals surface area contributed by atoms with Crippen molar-refractivity contribution in [2.45, 2.75) is 78.3 Å². The van der Waals surface area contributed by atoms with Gasteiger partial charge in [-0.25, -0.2) is 4.79 Å². The van der Waals surface area contributed by atoms with Crippen molar-refractivity contribution in [3.63, 3.8) is 0 Å². The summed E-state index contributed by atoms with van der Waals surface area (Å²) >= 11 is 0. The van der Waals surface area contributed by atoms with E-state index in [4.69, 9.17) is 26.6 Å². The third-order valence-electron chi connectivity index (χ3n) is 3.34. The van der Waals surface area contributed by atoms with Crippen LogP contribution in [0.3, 0.4) is 0 Å². The molecule has 184 valence electrons. The van der Waals surface area contributed by atoms with E-state index in [9.17, 15) is 4.79 Å². The largest absolute Gasteiger partial charge is 0.469 e. The van der Waals surface area contributed by atoms with Crippen LogP contribution >= 0.6 is 0 Å². The van der Waals surface area contributed by atoms with Gasteiger partial charge in [0, 0.05) is 18.2 Å². The van der Waals surface area contributed by atoms with Crippen LogP contribution in [0.4, 0.5) is 0 Å².